The fraction of sp³-hybridized carbons (Fsp3) is 0.889. The number of rotatable bonds is 6. The highest BCUT2D eigenvalue weighted by atomic mass is 16.5. The maximum atomic E-state index is 11.0. The quantitative estimate of drug-likeness (QED) is 0.649. The van der Waals surface area contributed by atoms with Crippen LogP contribution in [0.3, 0.4) is 0 Å². The molecule has 72 valence electrons. The van der Waals surface area contributed by atoms with Gasteiger partial charge in [-0.15, -0.1) is 0 Å². The van der Waals surface area contributed by atoms with Crippen LogP contribution in [-0.4, -0.2) is 30.7 Å². The van der Waals surface area contributed by atoms with Gasteiger partial charge >= 0.3 is 0 Å². The predicted octanol–water partition coefficient (Wildman–Crippen LogP) is 0.856. The topological polar surface area (TPSA) is 46.5 Å². The number of carbonyl (C=O) groups is 1. The average Bonchev–Trinajstić information content (AvgIpc) is 2.03. The van der Waals surface area contributed by atoms with E-state index in [1.165, 1.54) is 0 Å². The first kappa shape index (κ1) is 11.6. The van der Waals surface area contributed by atoms with Crippen molar-refractivity contribution in [2.75, 3.05) is 19.8 Å². The van der Waals surface area contributed by atoms with E-state index in [9.17, 15) is 4.79 Å². The van der Waals surface area contributed by atoms with Crippen LogP contribution >= 0.6 is 0 Å². The van der Waals surface area contributed by atoms with E-state index in [2.05, 4.69) is 0 Å². The number of ether oxygens (including phenoxy) is 1. The predicted molar refractivity (Wildman–Crippen MR) is 46.9 cm³/mol. The second-order valence-electron chi connectivity index (χ2n) is 3.42. The molecule has 0 aromatic heterocycles. The summed E-state index contributed by atoms with van der Waals surface area (Å²) in [6, 6.07) is 0. The Hall–Kier alpha value is -0.410. The molecule has 0 fully saturated rings. The summed E-state index contributed by atoms with van der Waals surface area (Å²) in [6.45, 7) is 6.30. The molecule has 0 aliphatic carbocycles. The lowest BCUT2D eigenvalue weighted by molar-refractivity contribution is -0.127. The van der Waals surface area contributed by atoms with Gasteiger partial charge in [-0.2, -0.15) is 0 Å². The minimum Gasteiger partial charge on any atom is -0.396 e. The van der Waals surface area contributed by atoms with Gasteiger partial charge in [-0.1, -0.05) is 20.8 Å². The van der Waals surface area contributed by atoms with Crippen LogP contribution < -0.4 is 0 Å². The number of hydrogen-bond acceptors (Lipinski definition) is 3. The molecular weight excluding hydrogens is 156 g/mol. The monoisotopic (exact) mass is 174 g/mol. The maximum absolute atomic E-state index is 11.0. The summed E-state index contributed by atoms with van der Waals surface area (Å²) in [6.07, 6.45) is 0. The molecule has 3 nitrogen and oxygen atoms in total. The van der Waals surface area contributed by atoms with E-state index in [4.69, 9.17) is 9.84 Å². The largest absolute Gasteiger partial charge is 0.396 e. The minimum absolute atomic E-state index is 0.0365. The second-order valence-corrected chi connectivity index (χ2v) is 3.42. The van der Waals surface area contributed by atoms with Gasteiger partial charge in [-0.05, 0) is 0 Å². The van der Waals surface area contributed by atoms with Gasteiger partial charge in [0, 0.05) is 18.4 Å². The Bertz CT molecular complexity index is 132. The van der Waals surface area contributed by atoms with Gasteiger partial charge in [0.25, 0.3) is 0 Å². The summed E-state index contributed by atoms with van der Waals surface area (Å²) in [5, 5.41) is 8.64. The Labute approximate surface area is 73.7 Å². The normalized spacial score (nSPS) is 13.4. The molecule has 3 heteroatoms. The summed E-state index contributed by atoms with van der Waals surface area (Å²) in [5.74, 6) is 0.263. The van der Waals surface area contributed by atoms with Crippen LogP contribution in [0.25, 0.3) is 0 Å². The number of aliphatic hydroxyl groups excluding tert-OH is 1. The summed E-state index contributed by atoms with van der Waals surface area (Å²) < 4.78 is 5.10. The highest BCUT2D eigenvalue weighted by Crippen LogP contribution is 1.97. The molecule has 0 aromatic rings. The third-order valence-electron chi connectivity index (χ3n) is 1.60. The molecule has 1 atom stereocenters. The van der Waals surface area contributed by atoms with E-state index in [0.29, 0.717) is 6.61 Å². The lowest BCUT2D eigenvalue weighted by Crippen LogP contribution is -2.18. The zero-order chi connectivity index (χ0) is 9.56. The minimum atomic E-state index is 0.0365. The molecule has 0 aliphatic rings. The van der Waals surface area contributed by atoms with Crippen molar-refractivity contribution < 1.29 is 14.6 Å². The van der Waals surface area contributed by atoms with Gasteiger partial charge in [-0.25, -0.2) is 0 Å². The first-order valence-electron chi connectivity index (χ1n) is 4.29. The molecule has 0 saturated heterocycles. The van der Waals surface area contributed by atoms with E-state index >= 15 is 0 Å². The molecule has 0 radical (unpaired) electrons. The van der Waals surface area contributed by atoms with Crippen LogP contribution in [0.1, 0.15) is 20.8 Å². The van der Waals surface area contributed by atoms with Crippen molar-refractivity contribution in [1.29, 1.82) is 0 Å². The first-order valence-corrected chi connectivity index (χ1v) is 4.29. The van der Waals surface area contributed by atoms with E-state index in [0.717, 1.165) is 0 Å². The van der Waals surface area contributed by atoms with Crippen molar-refractivity contribution >= 4 is 5.78 Å². The van der Waals surface area contributed by atoms with E-state index in [1.807, 2.05) is 20.8 Å². The van der Waals surface area contributed by atoms with Gasteiger partial charge < -0.3 is 9.84 Å². The van der Waals surface area contributed by atoms with Crippen LogP contribution in [-0.2, 0) is 9.53 Å². The van der Waals surface area contributed by atoms with Crippen LogP contribution in [0.4, 0.5) is 0 Å². The van der Waals surface area contributed by atoms with Crippen LogP contribution in [0, 0.1) is 11.8 Å². The van der Waals surface area contributed by atoms with Gasteiger partial charge in [0.05, 0.1) is 6.61 Å². The Morgan fingerprint density at radius 2 is 2.00 bits per heavy atom. The third kappa shape index (κ3) is 5.27. The highest BCUT2D eigenvalue weighted by molar-refractivity contribution is 5.81. The summed E-state index contributed by atoms with van der Waals surface area (Å²) >= 11 is 0. The molecule has 0 unspecified atom stereocenters. The molecule has 0 heterocycles. The van der Waals surface area contributed by atoms with Crippen molar-refractivity contribution in [2.45, 2.75) is 20.8 Å². The van der Waals surface area contributed by atoms with E-state index < -0.39 is 0 Å². The first-order chi connectivity index (χ1) is 5.57. The smallest absolute Gasteiger partial charge is 0.160 e. The van der Waals surface area contributed by atoms with Crippen molar-refractivity contribution in [1.82, 2.24) is 0 Å². The molecule has 0 amide bonds. The Balaban J connectivity index is 3.37. The number of ketones is 1. The Morgan fingerprint density at radius 1 is 1.42 bits per heavy atom. The van der Waals surface area contributed by atoms with Crippen molar-refractivity contribution in [2.24, 2.45) is 11.8 Å². The Morgan fingerprint density at radius 3 is 2.42 bits per heavy atom. The van der Waals surface area contributed by atoms with E-state index in [-0.39, 0.29) is 30.8 Å². The van der Waals surface area contributed by atoms with Crippen molar-refractivity contribution in [3.8, 4) is 0 Å². The fourth-order valence-corrected chi connectivity index (χ4v) is 0.580. The molecule has 0 rings (SSSR count). The van der Waals surface area contributed by atoms with Crippen LogP contribution in [0.15, 0.2) is 0 Å². The number of hydrogen-bond donors (Lipinski definition) is 1. The van der Waals surface area contributed by atoms with Crippen molar-refractivity contribution in [3.05, 3.63) is 0 Å². The SMILES string of the molecule is CC(C)C(=O)COC[C@@H](C)CO. The molecule has 0 aliphatic heterocycles. The maximum Gasteiger partial charge on any atom is 0.160 e. The Kier molecular flexibility index (Phi) is 5.93. The molecular formula is C9H18O3. The molecule has 0 aromatic carbocycles. The standard InChI is InChI=1S/C9H18O3/c1-7(2)9(11)6-12-5-8(3)4-10/h7-8,10H,4-6H2,1-3H3/t8-/m0/s1. The van der Waals surface area contributed by atoms with E-state index in [1.54, 1.807) is 0 Å². The van der Waals surface area contributed by atoms with Gasteiger partial charge in [-0.3, -0.25) is 4.79 Å². The van der Waals surface area contributed by atoms with Crippen LogP contribution in [0.2, 0.25) is 0 Å². The lowest BCUT2D eigenvalue weighted by atomic mass is 10.1. The highest BCUT2D eigenvalue weighted by Gasteiger charge is 2.07. The van der Waals surface area contributed by atoms with Crippen LogP contribution in [0.5, 0.6) is 0 Å². The fourth-order valence-electron chi connectivity index (χ4n) is 0.580. The second kappa shape index (κ2) is 6.14. The zero-order valence-electron chi connectivity index (χ0n) is 8.04. The summed E-state index contributed by atoms with van der Waals surface area (Å²) in [5.41, 5.74) is 0. The molecule has 1 N–H and O–H groups in total. The third-order valence-corrected chi connectivity index (χ3v) is 1.60. The molecule has 0 bridgehead atoms. The number of aliphatic hydroxyl groups is 1. The van der Waals surface area contributed by atoms with Gasteiger partial charge in [0.1, 0.15) is 6.61 Å². The average molecular weight is 174 g/mol. The summed E-state index contributed by atoms with van der Waals surface area (Å²) in [4.78, 5) is 11.0. The molecule has 0 saturated carbocycles. The van der Waals surface area contributed by atoms with Gasteiger partial charge in [0.2, 0.25) is 0 Å². The summed E-state index contributed by atoms with van der Waals surface area (Å²) in [7, 11) is 0. The van der Waals surface area contributed by atoms with Gasteiger partial charge in [0.15, 0.2) is 5.78 Å². The lowest BCUT2D eigenvalue weighted by Gasteiger charge is -2.09. The van der Waals surface area contributed by atoms with Crippen molar-refractivity contribution in [3.63, 3.8) is 0 Å². The number of Topliss-reactive ketones (excluding diaryl/α,β-unsaturated/α-hetero) is 1. The number of carbonyl (C=O) groups excluding carboxylic acids is 1. The molecule has 0 spiro atoms. The zero-order valence-corrected chi connectivity index (χ0v) is 8.04. The molecule has 12 heavy (non-hydrogen) atoms.